The van der Waals surface area contributed by atoms with Gasteiger partial charge in [0.15, 0.2) is 5.82 Å². The van der Waals surface area contributed by atoms with E-state index in [1.807, 2.05) is 6.92 Å². The van der Waals surface area contributed by atoms with E-state index in [0.29, 0.717) is 27.7 Å². The quantitative estimate of drug-likeness (QED) is 0.649. The first-order valence-corrected chi connectivity index (χ1v) is 5.40. The van der Waals surface area contributed by atoms with E-state index in [4.69, 9.17) is 21.9 Å². The van der Waals surface area contributed by atoms with Crippen LogP contribution in [0.15, 0.2) is 22.7 Å². The van der Waals surface area contributed by atoms with Crippen molar-refractivity contribution < 1.29 is 4.52 Å². The van der Waals surface area contributed by atoms with E-state index in [0.717, 1.165) is 11.3 Å². The molecule has 17 heavy (non-hydrogen) atoms. The first-order valence-electron chi connectivity index (χ1n) is 5.02. The fourth-order valence-corrected chi connectivity index (χ4v) is 1.93. The lowest BCUT2D eigenvalue weighted by Gasteiger charge is -1.94. The first kappa shape index (κ1) is 10.2. The smallest absolute Gasteiger partial charge is 0.160 e. The van der Waals surface area contributed by atoms with Crippen LogP contribution in [0.4, 0.5) is 5.69 Å². The normalized spacial score (nSPS) is 11.2. The van der Waals surface area contributed by atoms with Gasteiger partial charge in [0.25, 0.3) is 0 Å². The van der Waals surface area contributed by atoms with E-state index in [1.165, 1.54) is 0 Å². The molecule has 0 saturated heterocycles. The molecule has 0 atom stereocenters. The van der Waals surface area contributed by atoms with Crippen molar-refractivity contribution in [2.75, 3.05) is 5.73 Å². The molecule has 0 spiro atoms. The molecule has 0 fully saturated rings. The molecule has 0 aliphatic carbocycles. The van der Waals surface area contributed by atoms with Crippen LogP contribution in [-0.2, 0) is 0 Å². The molecule has 6 heteroatoms. The minimum absolute atomic E-state index is 0.537. The molecule has 0 aliphatic rings. The molecular weight excluding hydrogens is 240 g/mol. The van der Waals surface area contributed by atoms with Crippen LogP contribution < -0.4 is 5.73 Å². The summed E-state index contributed by atoms with van der Waals surface area (Å²) in [6, 6.07) is 5.24. The summed E-state index contributed by atoms with van der Waals surface area (Å²) in [5.41, 5.74) is 8.50. The number of nitrogens with zero attached hydrogens (tertiary/aromatic N) is 2. The summed E-state index contributed by atoms with van der Waals surface area (Å²) in [4.78, 5) is 7.48. The number of rotatable bonds is 1. The van der Waals surface area contributed by atoms with Crippen molar-refractivity contribution in [1.29, 1.82) is 0 Å². The van der Waals surface area contributed by atoms with Crippen molar-refractivity contribution in [3.05, 3.63) is 29.0 Å². The zero-order chi connectivity index (χ0) is 12.0. The fraction of sp³-hybridized carbons (Fsp3) is 0.0909. The maximum atomic E-state index is 5.92. The number of anilines is 1. The van der Waals surface area contributed by atoms with Crippen molar-refractivity contribution in [1.82, 2.24) is 15.1 Å². The number of aromatic amines is 1. The molecule has 0 radical (unpaired) electrons. The fourth-order valence-electron chi connectivity index (χ4n) is 1.71. The maximum absolute atomic E-state index is 5.92. The van der Waals surface area contributed by atoms with Crippen LogP contribution in [0.25, 0.3) is 22.6 Å². The summed E-state index contributed by atoms with van der Waals surface area (Å²) in [5, 5.41) is 4.46. The number of fused-ring (bicyclic) bond motifs is 1. The molecule has 1 aromatic carbocycles. The van der Waals surface area contributed by atoms with Crippen molar-refractivity contribution in [3.63, 3.8) is 0 Å². The Morgan fingerprint density at radius 3 is 2.88 bits per heavy atom. The van der Waals surface area contributed by atoms with Crippen LogP contribution in [0.3, 0.4) is 0 Å². The van der Waals surface area contributed by atoms with E-state index in [9.17, 15) is 0 Å². The van der Waals surface area contributed by atoms with E-state index >= 15 is 0 Å². The second-order valence-corrected chi connectivity index (χ2v) is 4.24. The molecule has 0 saturated carbocycles. The van der Waals surface area contributed by atoms with Gasteiger partial charge in [-0.15, -0.1) is 0 Å². The summed E-state index contributed by atoms with van der Waals surface area (Å²) < 4.78 is 5.00. The Balaban J connectivity index is 2.23. The minimum Gasteiger partial charge on any atom is -0.397 e. The average Bonchev–Trinajstić information content (AvgIpc) is 2.83. The molecular formula is C11H9ClN4O. The van der Waals surface area contributed by atoms with Gasteiger partial charge >= 0.3 is 0 Å². The number of H-pyrrole nitrogens is 1. The number of hydrogen-bond acceptors (Lipinski definition) is 4. The third kappa shape index (κ3) is 1.64. The number of nitrogens with one attached hydrogen (secondary N) is 1. The lowest BCUT2D eigenvalue weighted by atomic mass is 10.3. The number of halogens is 1. The van der Waals surface area contributed by atoms with Crippen molar-refractivity contribution in [2.24, 2.45) is 0 Å². The van der Waals surface area contributed by atoms with Crippen molar-refractivity contribution in [2.45, 2.75) is 6.92 Å². The van der Waals surface area contributed by atoms with Gasteiger partial charge in [-0.3, -0.25) is 0 Å². The van der Waals surface area contributed by atoms with Gasteiger partial charge in [0.1, 0.15) is 17.0 Å². The average molecular weight is 249 g/mol. The lowest BCUT2D eigenvalue weighted by molar-refractivity contribution is 0.399. The topological polar surface area (TPSA) is 80.7 Å². The predicted octanol–water partition coefficient (Wildman–Crippen LogP) is 2.76. The summed E-state index contributed by atoms with van der Waals surface area (Å²) in [7, 11) is 0. The van der Waals surface area contributed by atoms with Gasteiger partial charge in [-0.1, -0.05) is 16.8 Å². The molecule has 5 nitrogen and oxygen atoms in total. The molecule has 0 unspecified atom stereocenters. The number of imidazole rings is 1. The molecule has 3 aromatic rings. The molecule has 0 aliphatic heterocycles. The van der Waals surface area contributed by atoms with Gasteiger partial charge in [-0.2, -0.15) is 0 Å². The van der Waals surface area contributed by atoms with Crippen LogP contribution in [0.2, 0.25) is 5.02 Å². The number of hydrogen-bond donors (Lipinski definition) is 2. The molecule has 2 heterocycles. The third-order valence-corrected chi connectivity index (χ3v) is 2.67. The Morgan fingerprint density at radius 1 is 1.35 bits per heavy atom. The van der Waals surface area contributed by atoms with Gasteiger partial charge in [0.2, 0.25) is 0 Å². The van der Waals surface area contributed by atoms with Crippen molar-refractivity contribution >= 4 is 28.3 Å². The second kappa shape index (κ2) is 3.49. The van der Waals surface area contributed by atoms with Crippen LogP contribution in [0.5, 0.6) is 0 Å². The number of benzene rings is 1. The Morgan fingerprint density at radius 2 is 2.18 bits per heavy atom. The molecule has 0 amide bonds. The minimum atomic E-state index is 0.537. The molecule has 3 N–H and O–H groups in total. The van der Waals surface area contributed by atoms with E-state index in [-0.39, 0.29) is 0 Å². The van der Waals surface area contributed by atoms with Crippen LogP contribution in [0.1, 0.15) is 5.76 Å². The lowest BCUT2D eigenvalue weighted by Crippen LogP contribution is -1.86. The zero-order valence-electron chi connectivity index (χ0n) is 8.99. The molecule has 86 valence electrons. The Hall–Kier alpha value is -2.01. The van der Waals surface area contributed by atoms with E-state index in [1.54, 1.807) is 18.2 Å². The number of aryl methyl sites for hydroxylation is 1. The first-order chi connectivity index (χ1) is 8.13. The summed E-state index contributed by atoms with van der Waals surface area (Å²) in [6.07, 6.45) is 0. The van der Waals surface area contributed by atoms with E-state index < -0.39 is 0 Å². The SMILES string of the molecule is Cc1cc(-c2nc3c(N)cc(Cl)cc3[nH]2)no1. The highest BCUT2D eigenvalue weighted by Crippen LogP contribution is 2.27. The van der Waals surface area contributed by atoms with Gasteiger partial charge in [0.05, 0.1) is 11.2 Å². The predicted molar refractivity (Wildman–Crippen MR) is 65.8 cm³/mol. The van der Waals surface area contributed by atoms with Crippen molar-refractivity contribution in [3.8, 4) is 11.5 Å². The van der Waals surface area contributed by atoms with Crippen LogP contribution >= 0.6 is 11.6 Å². The molecule has 2 aromatic heterocycles. The van der Waals surface area contributed by atoms with Gasteiger partial charge in [0, 0.05) is 11.1 Å². The highest BCUT2D eigenvalue weighted by molar-refractivity contribution is 6.31. The highest BCUT2D eigenvalue weighted by atomic mass is 35.5. The van der Waals surface area contributed by atoms with Crippen LogP contribution in [0, 0.1) is 6.92 Å². The van der Waals surface area contributed by atoms with E-state index in [2.05, 4.69) is 15.1 Å². The molecule has 3 rings (SSSR count). The van der Waals surface area contributed by atoms with Gasteiger partial charge in [-0.25, -0.2) is 4.98 Å². The monoisotopic (exact) mass is 248 g/mol. The number of nitrogen functional groups attached to an aromatic ring is 1. The standard InChI is InChI=1S/C11H9ClN4O/c1-5-2-9(16-17-5)11-14-8-4-6(12)3-7(13)10(8)15-11/h2-4H,13H2,1H3,(H,14,15). The summed E-state index contributed by atoms with van der Waals surface area (Å²) >= 11 is 5.92. The third-order valence-electron chi connectivity index (χ3n) is 2.45. The Labute approximate surface area is 102 Å². The largest absolute Gasteiger partial charge is 0.397 e. The zero-order valence-corrected chi connectivity index (χ0v) is 9.75. The summed E-state index contributed by atoms with van der Waals surface area (Å²) in [5.74, 6) is 1.34. The Bertz CT molecular complexity index is 701. The Kier molecular flexibility index (Phi) is 2.09. The van der Waals surface area contributed by atoms with Gasteiger partial charge in [-0.05, 0) is 19.1 Å². The number of nitrogens with two attached hydrogens (primary N) is 1. The molecule has 0 bridgehead atoms. The van der Waals surface area contributed by atoms with Crippen LogP contribution in [-0.4, -0.2) is 15.1 Å². The maximum Gasteiger partial charge on any atom is 0.160 e. The van der Waals surface area contributed by atoms with Gasteiger partial charge < -0.3 is 15.2 Å². The number of aromatic nitrogens is 3. The second-order valence-electron chi connectivity index (χ2n) is 3.80. The summed E-state index contributed by atoms with van der Waals surface area (Å²) in [6.45, 7) is 1.82. The highest BCUT2D eigenvalue weighted by Gasteiger charge is 2.11.